The van der Waals surface area contributed by atoms with Gasteiger partial charge < -0.3 is 9.80 Å². The number of piperazine rings is 1. The van der Waals surface area contributed by atoms with Crippen LogP contribution in [-0.2, 0) is 0 Å². The van der Waals surface area contributed by atoms with Crippen LogP contribution in [0.2, 0.25) is 0 Å². The van der Waals surface area contributed by atoms with Gasteiger partial charge in [-0.05, 0) is 36.4 Å². The topological polar surface area (TPSA) is 75.1 Å². The molecule has 0 spiro atoms. The molecule has 7 nitrogen and oxygen atoms in total. The average Bonchev–Trinajstić information content (AvgIpc) is 2.75. The molecule has 0 unspecified atom stereocenters. The first-order valence-corrected chi connectivity index (χ1v) is 8.51. The third kappa shape index (κ3) is 3.37. The Kier molecular flexibility index (Phi) is 4.51. The molecule has 0 aromatic carbocycles. The molecule has 0 saturated carbocycles. The van der Waals surface area contributed by atoms with E-state index < -0.39 is 0 Å². The van der Waals surface area contributed by atoms with Crippen LogP contribution in [0.25, 0.3) is 11.3 Å². The molecule has 1 aliphatic rings. The number of nitrogens with zero attached hydrogens (tertiary/aromatic N) is 6. The van der Waals surface area contributed by atoms with E-state index in [1.807, 2.05) is 41.3 Å². The van der Waals surface area contributed by atoms with Crippen molar-refractivity contribution in [3.63, 3.8) is 0 Å². The van der Waals surface area contributed by atoms with Crippen LogP contribution >= 0.6 is 0 Å². The normalized spacial score (nSPS) is 14.3. The van der Waals surface area contributed by atoms with E-state index in [9.17, 15) is 4.79 Å². The summed E-state index contributed by atoms with van der Waals surface area (Å²) >= 11 is 0. The number of rotatable bonds is 3. The summed E-state index contributed by atoms with van der Waals surface area (Å²) in [5, 5.41) is 8.64. The van der Waals surface area contributed by atoms with Crippen LogP contribution in [-0.4, -0.2) is 57.2 Å². The highest BCUT2D eigenvalue weighted by atomic mass is 16.2. The van der Waals surface area contributed by atoms with Gasteiger partial charge in [-0.3, -0.25) is 14.8 Å². The molecular formula is C19H18N6O. The van der Waals surface area contributed by atoms with Crippen molar-refractivity contribution in [1.82, 2.24) is 25.1 Å². The second-order valence-electron chi connectivity index (χ2n) is 6.01. The highest BCUT2D eigenvalue weighted by Gasteiger charge is 2.23. The molecule has 130 valence electrons. The molecule has 7 heteroatoms. The van der Waals surface area contributed by atoms with Crippen LogP contribution in [0, 0.1) is 0 Å². The van der Waals surface area contributed by atoms with Crippen LogP contribution in [0.15, 0.2) is 61.1 Å². The zero-order valence-electron chi connectivity index (χ0n) is 14.2. The maximum atomic E-state index is 12.5. The molecule has 1 aliphatic heterocycles. The molecule has 0 aliphatic carbocycles. The Bertz CT molecular complexity index is 862. The molecule has 4 rings (SSSR count). The number of hydrogen-bond acceptors (Lipinski definition) is 6. The van der Waals surface area contributed by atoms with Gasteiger partial charge in [-0.25, -0.2) is 0 Å². The fourth-order valence-electron chi connectivity index (χ4n) is 2.95. The molecule has 0 radical (unpaired) electrons. The summed E-state index contributed by atoms with van der Waals surface area (Å²) in [5.41, 5.74) is 2.23. The van der Waals surface area contributed by atoms with Gasteiger partial charge in [-0.1, -0.05) is 6.07 Å². The lowest BCUT2D eigenvalue weighted by molar-refractivity contribution is 0.0740. The number of carbonyl (C=O) groups excluding carboxylic acids is 1. The number of aromatic nitrogens is 4. The Balaban J connectivity index is 1.40. The second-order valence-corrected chi connectivity index (χ2v) is 6.01. The third-order valence-electron chi connectivity index (χ3n) is 4.38. The van der Waals surface area contributed by atoms with E-state index >= 15 is 0 Å². The van der Waals surface area contributed by atoms with Gasteiger partial charge in [-0.2, -0.15) is 0 Å². The zero-order chi connectivity index (χ0) is 17.8. The molecule has 1 fully saturated rings. The first kappa shape index (κ1) is 16.1. The summed E-state index contributed by atoms with van der Waals surface area (Å²) in [4.78, 5) is 24.7. The monoisotopic (exact) mass is 346 g/mol. The Hall–Kier alpha value is -3.35. The average molecular weight is 346 g/mol. The summed E-state index contributed by atoms with van der Waals surface area (Å²) in [7, 11) is 0. The molecule has 4 heterocycles. The van der Waals surface area contributed by atoms with Gasteiger partial charge in [-0.15, -0.1) is 10.2 Å². The molecule has 26 heavy (non-hydrogen) atoms. The summed E-state index contributed by atoms with van der Waals surface area (Å²) < 4.78 is 0. The van der Waals surface area contributed by atoms with Gasteiger partial charge in [0.2, 0.25) is 0 Å². The lowest BCUT2D eigenvalue weighted by Crippen LogP contribution is -2.49. The smallest absolute Gasteiger partial charge is 0.272 e. The van der Waals surface area contributed by atoms with Crippen molar-refractivity contribution < 1.29 is 4.79 Å². The zero-order valence-corrected chi connectivity index (χ0v) is 14.2. The van der Waals surface area contributed by atoms with E-state index in [2.05, 4.69) is 25.1 Å². The Labute approximate surface area is 151 Å². The van der Waals surface area contributed by atoms with Crippen LogP contribution in [0.4, 0.5) is 5.82 Å². The standard InChI is InChI=1S/C19H18N6O/c26-19(17-5-1-2-9-21-17)25-12-10-24(11-13-25)18-7-6-16(22-23-18)15-4-3-8-20-14-15/h1-9,14H,10-13H2. The lowest BCUT2D eigenvalue weighted by atomic mass is 10.2. The SMILES string of the molecule is O=C(c1ccccn1)N1CCN(c2ccc(-c3cccnc3)nn2)CC1. The Morgan fingerprint density at radius 2 is 1.77 bits per heavy atom. The molecule has 0 bridgehead atoms. The molecule has 3 aromatic heterocycles. The maximum absolute atomic E-state index is 12.5. The van der Waals surface area contributed by atoms with Gasteiger partial charge in [0.05, 0.1) is 5.69 Å². The van der Waals surface area contributed by atoms with Crippen LogP contribution in [0.5, 0.6) is 0 Å². The van der Waals surface area contributed by atoms with E-state index in [0.717, 1.165) is 30.2 Å². The van der Waals surface area contributed by atoms with Crippen LogP contribution in [0.3, 0.4) is 0 Å². The minimum atomic E-state index is -0.0248. The third-order valence-corrected chi connectivity index (χ3v) is 4.38. The van der Waals surface area contributed by atoms with Crippen molar-refractivity contribution >= 4 is 11.7 Å². The fourth-order valence-corrected chi connectivity index (χ4v) is 2.95. The van der Waals surface area contributed by atoms with E-state index in [0.29, 0.717) is 18.8 Å². The largest absolute Gasteiger partial charge is 0.352 e. The Morgan fingerprint density at radius 1 is 0.885 bits per heavy atom. The van der Waals surface area contributed by atoms with E-state index in [1.54, 1.807) is 24.7 Å². The van der Waals surface area contributed by atoms with Crippen molar-refractivity contribution in [2.24, 2.45) is 0 Å². The van der Waals surface area contributed by atoms with Gasteiger partial charge in [0.1, 0.15) is 5.69 Å². The quantitative estimate of drug-likeness (QED) is 0.721. The summed E-state index contributed by atoms with van der Waals surface area (Å²) in [6, 6.07) is 13.1. The van der Waals surface area contributed by atoms with E-state index in [1.165, 1.54) is 0 Å². The maximum Gasteiger partial charge on any atom is 0.272 e. The highest BCUT2D eigenvalue weighted by molar-refractivity contribution is 5.92. The number of anilines is 1. The minimum absolute atomic E-state index is 0.0248. The molecule has 1 amide bonds. The highest BCUT2D eigenvalue weighted by Crippen LogP contribution is 2.18. The summed E-state index contributed by atoms with van der Waals surface area (Å²) in [5.74, 6) is 0.797. The predicted molar refractivity (Wildman–Crippen MR) is 97.6 cm³/mol. The van der Waals surface area contributed by atoms with E-state index in [-0.39, 0.29) is 5.91 Å². The van der Waals surface area contributed by atoms with Crippen molar-refractivity contribution in [3.8, 4) is 11.3 Å². The van der Waals surface area contributed by atoms with Crippen molar-refractivity contribution in [2.75, 3.05) is 31.1 Å². The summed E-state index contributed by atoms with van der Waals surface area (Å²) in [6.45, 7) is 2.72. The number of hydrogen-bond donors (Lipinski definition) is 0. The molecule has 0 N–H and O–H groups in total. The molecule has 0 atom stereocenters. The number of amides is 1. The fraction of sp³-hybridized carbons (Fsp3) is 0.211. The van der Waals surface area contributed by atoms with Crippen molar-refractivity contribution in [2.45, 2.75) is 0 Å². The van der Waals surface area contributed by atoms with Crippen molar-refractivity contribution in [1.29, 1.82) is 0 Å². The van der Waals surface area contributed by atoms with E-state index in [4.69, 9.17) is 0 Å². The predicted octanol–water partition coefficient (Wildman–Crippen LogP) is 1.90. The minimum Gasteiger partial charge on any atom is -0.352 e. The summed E-state index contributed by atoms with van der Waals surface area (Å²) in [6.07, 6.45) is 5.14. The molecule has 1 saturated heterocycles. The Morgan fingerprint density at radius 3 is 2.42 bits per heavy atom. The molecular weight excluding hydrogens is 328 g/mol. The van der Waals surface area contributed by atoms with Crippen molar-refractivity contribution in [3.05, 3.63) is 66.7 Å². The second kappa shape index (κ2) is 7.26. The molecule has 3 aromatic rings. The van der Waals surface area contributed by atoms with Crippen LogP contribution in [0.1, 0.15) is 10.5 Å². The van der Waals surface area contributed by atoms with Crippen LogP contribution < -0.4 is 4.90 Å². The van der Waals surface area contributed by atoms with Gasteiger partial charge >= 0.3 is 0 Å². The first-order chi connectivity index (χ1) is 12.8. The lowest BCUT2D eigenvalue weighted by Gasteiger charge is -2.35. The van der Waals surface area contributed by atoms with Gasteiger partial charge in [0.15, 0.2) is 5.82 Å². The van der Waals surface area contributed by atoms with Gasteiger partial charge in [0, 0.05) is 50.3 Å². The number of carbonyl (C=O) groups is 1. The van der Waals surface area contributed by atoms with Gasteiger partial charge in [0.25, 0.3) is 5.91 Å². The number of pyridine rings is 2. The first-order valence-electron chi connectivity index (χ1n) is 8.51.